The average molecular weight is 428 g/mol. The Morgan fingerprint density at radius 2 is 2.13 bits per heavy atom. The van der Waals surface area contributed by atoms with Gasteiger partial charge in [0, 0.05) is 23.6 Å². The Morgan fingerprint density at radius 3 is 2.83 bits per heavy atom. The number of hydrogen-bond donors (Lipinski definition) is 2. The molecule has 2 amide bonds. The first-order chi connectivity index (χ1) is 14.5. The van der Waals surface area contributed by atoms with Crippen molar-refractivity contribution in [2.45, 2.75) is 26.1 Å². The molecule has 9 nitrogen and oxygen atoms in total. The normalized spacial score (nSPS) is 17.7. The zero-order chi connectivity index (χ0) is 21.3. The molecule has 1 aromatic heterocycles. The van der Waals surface area contributed by atoms with Crippen LogP contribution in [0, 0.1) is 10.1 Å². The fourth-order valence-electron chi connectivity index (χ4n) is 3.52. The fraction of sp³-hybridized carbons (Fsp3) is 0.300. The number of anilines is 1. The first kappa shape index (κ1) is 19.9. The summed E-state index contributed by atoms with van der Waals surface area (Å²) in [6.07, 6.45) is 3.46. The largest absolute Gasteiger partial charge is 0.450 e. The van der Waals surface area contributed by atoms with Gasteiger partial charge in [0.1, 0.15) is 11.2 Å². The number of thiophene rings is 1. The number of non-ortho nitro benzene ring substituents is 1. The predicted molar refractivity (Wildman–Crippen MR) is 112 cm³/mol. The molecule has 0 aliphatic carbocycles. The van der Waals surface area contributed by atoms with E-state index in [2.05, 4.69) is 10.6 Å². The van der Waals surface area contributed by atoms with Gasteiger partial charge in [-0.25, -0.2) is 4.79 Å². The monoisotopic (exact) mass is 428 g/mol. The summed E-state index contributed by atoms with van der Waals surface area (Å²) in [6, 6.07) is 6.18. The summed E-state index contributed by atoms with van der Waals surface area (Å²) < 4.78 is 5.08. The van der Waals surface area contributed by atoms with Crippen LogP contribution in [0.4, 0.5) is 15.5 Å². The molecule has 2 aliphatic rings. The molecular weight excluding hydrogens is 408 g/mol. The molecule has 3 heterocycles. The molecule has 0 fully saturated rings. The van der Waals surface area contributed by atoms with Gasteiger partial charge in [-0.3, -0.25) is 14.9 Å². The SMILES string of the molecule is CCOC(=O)N1CCc2c(sc3c2C(=O)N[C@H](/C=C\c2ccc([N+](=O)[O-])cc2)N3)C1. The molecule has 4 rings (SSSR count). The summed E-state index contributed by atoms with van der Waals surface area (Å²) in [5.74, 6) is -0.149. The fourth-order valence-corrected chi connectivity index (χ4v) is 4.82. The molecule has 2 aliphatic heterocycles. The van der Waals surface area contributed by atoms with Crippen LogP contribution >= 0.6 is 11.3 Å². The number of benzene rings is 1. The molecule has 156 valence electrons. The third kappa shape index (κ3) is 3.86. The molecule has 0 saturated carbocycles. The third-order valence-electron chi connectivity index (χ3n) is 4.97. The molecule has 0 saturated heterocycles. The number of carbonyl (C=O) groups excluding carboxylic acids is 2. The highest BCUT2D eigenvalue weighted by Crippen LogP contribution is 2.39. The van der Waals surface area contributed by atoms with Crippen molar-refractivity contribution in [1.82, 2.24) is 10.2 Å². The molecule has 1 aromatic carbocycles. The van der Waals surface area contributed by atoms with E-state index in [-0.39, 0.29) is 17.7 Å². The minimum absolute atomic E-state index is 0.0296. The van der Waals surface area contributed by atoms with Crippen molar-refractivity contribution < 1.29 is 19.2 Å². The molecule has 30 heavy (non-hydrogen) atoms. The Labute approximate surface area is 176 Å². The van der Waals surface area contributed by atoms with Gasteiger partial charge in [-0.05, 0) is 42.7 Å². The van der Waals surface area contributed by atoms with E-state index in [1.165, 1.54) is 23.5 Å². The number of nitro groups is 1. The van der Waals surface area contributed by atoms with Gasteiger partial charge in [-0.15, -0.1) is 11.3 Å². The lowest BCUT2D eigenvalue weighted by atomic mass is 10.0. The second-order valence-corrected chi connectivity index (χ2v) is 7.99. The van der Waals surface area contributed by atoms with Gasteiger partial charge in [-0.2, -0.15) is 0 Å². The van der Waals surface area contributed by atoms with Crippen molar-refractivity contribution in [3.05, 3.63) is 62.0 Å². The lowest BCUT2D eigenvalue weighted by Crippen LogP contribution is -2.43. The van der Waals surface area contributed by atoms with Crippen LogP contribution in [0.25, 0.3) is 6.08 Å². The van der Waals surface area contributed by atoms with Crippen molar-refractivity contribution >= 4 is 40.1 Å². The molecule has 0 spiro atoms. The van der Waals surface area contributed by atoms with Crippen molar-refractivity contribution in [3.8, 4) is 0 Å². The van der Waals surface area contributed by atoms with E-state index < -0.39 is 11.1 Å². The Bertz CT molecular complexity index is 1030. The quantitative estimate of drug-likeness (QED) is 0.570. The zero-order valence-corrected chi connectivity index (χ0v) is 17.0. The molecule has 1 atom stereocenters. The maximum Gasteiger partial charge on any atom is 0.410 e. The van der Waals surface area contributed by atoms with Gasteiger partial charge in [0.15, 0.2) is 0 Å². The van der Waals surface area contributed by atoms with E-state index in [1.54, 1.807) is 36.1 Å². The standard InChI is InChI=1S/C20H20N4O5S/c1-2-29-20(26)23-10-9-14-15(11-23)30-19-17(14)18(25)21-16(22-19)8-5-12-3-6-13(7-4-12)24(27)28/h3-8,16,22H,2,9-11H2,1H3,(H,21,25)/b8-5-/t16-/m0/s1. The number of rotatable bonds is 4. The van der Waals surface area contributed by atoms with Crippen molar-refractivity contribution in [3.63, 3.8) is 0 Å². The van der Waals surface area contributed by atoms with Gasteiger partial charge in [-0.1, -0.05) is 6.08 Å². The number of hydrogen-bond acceptors (Lipinski definition) is 7. The van der Waals surface area contributed by atoms with E-state index in [4.69, 9.17) is 4.74 Å². The highest BCUT2D eigenvalue weighted by Gasteiger charge is 2.33. The number of nitro benzene ring substituents is 1. The van der Waals surface area contributed by atoms with Crippen molar-refractivity contribution in [1.29, 1.82) is 0 Å². The second-order valence-electron chi connectivity index (χ2n) is 6.88. The number of amides is 2. The van der Waals surface area contributed by atoms with Gasteiger partial charge >= 0.3 is 6.09 Å². The predicted octanol–water partition coefficient (Wildman–Crippen LogP) is 3.37. The van der Waals surface area contributed by atoms with E-state index in [0.717, 1.165) is 21.0 Å². The van der Waals surface area contributed by atoms with Crippen LogP contribution in [0.3, 0.4) is 0 Å². The van der Waals surface area contributed by atoms with Crippen molar-refractivity contribution in [2.24, 2.45) is 0 Å². The average Bonchev–Trinajstić information content (AvgIpc) is 3.10. The maximum atomic E-state index is 12.7. The topological polar surface area (TPSA) is 114 Å². The third-order valence-corrected chi connectivity index (χ3v) is 6.12. The smallest absolute Gasteiger partial charge is 0.410 e. The second kappa shape index (κ2) is 8.15. The zero-order valence-electron chi connectivity index (χ0n) is 16.2. The molecule has 0 bridgehead atoms. The Balaban J connectivity index is 1.48. The Kier molecular flexibility index (Phi) is 5.40. The van der Waals surface area contributed by atoms with E-state index >= 15 is 0 Å². The number of nitrogens with one attached hydrogen (secondary N) is 2. The van der Waals surface area contributed by atoms with Crippen LogP contribution in [0.15, 0.2) is 30.3 Å². The van der Waals surface area contributed by atoms with Gasteiger partial charge in [0.25, 0.3) is 11.6 Å². The molecule has 0 unspecified atom stereocenters. The van der Waals surface area contributed by atoms with E-state index in [1.807, 2.05) is 0 Å². The van der Waals surface area contributed by atoms with E-state index in [9.17, 15) is 19.7 Å². The molecular formula is C20H20N4O5S. The van der Waals surface area contributed by atoms with Crippen molar-refractivity contribution in [2.75, 3.05) is 18.5 Å². The van der Waals surface area contributed by atoms with Gasteiger partial charge < -0.3 is 20.3 Å². The maximum absolute atomic E-state index is 12.7. The Morgan fingerprint density at radius 1 is 1.37 bits per heavy atom. The van der Waals surface area contributed by atoms with E-state index in [0.29, 0.717) is 31.7 Å². The minimum atomic E-state index is -0.445. The Hall–Kier alpha value is -3.40. The summed E-state index contributed by atoms with van der Waals surface area (Å²) in [5.41, 5.74) is 2.46. The first-order valence-electron chi connectivity index (χ1n) is 9.52. The lowest BCUT2D eigenvalue weighted by molar-refractivity contribution is -0.384. The van der Waals surface area contributed by atoms with Gasteiger partial charge in [0.2, 0.25) is 0 Å². The van der Waals surface area contributed by atoms with Crippen LogP contribution in [0.2, 0.25) is 0 Å². The van der Waals surface area contributed by atoms with Crippen LogP contribution in [0.5, 0.6) is 0 Å². The first-order valence-corrected chi connectivity index (χ1v) is 10.3. The molecule has 10 heteroatoms. The lowest BCUT2D eigenvalue weighted by Gasteiger charge is -2.27. The minimum Gasteiger partial charge on any atom is -0.450 e. The highest BCUT2D eigenvalue weighted by molar-refractivity contribution is 7.16. The molecule has 2 N–H and O–H groups in total. The number of nitrogens with zero attached hydrogens (tertiary/aromatic N) is 2. The molecule has 2 aromatic rings. The van der Waals surface area contributed by atoms with Crippen LogP contribution in [0.1, 0.15) is 33.3 Å². The summed E-state index contributed by atoms with van der Waals surface area (Å²) in [4.78, 5) is 37.7. The number of fused-ring (bicyclic) bond motifs is 3. The summed E-state index contributed by atoms with van der Waals surface area (Å²) in [5, 5.41) is 17.8. The van der Waals surface area contributed by atoms with Crippen LogP contribution in [-0.2, 0) is 17.7 Å². The molecule has 0 radical (unpaired) electrons. The van der Waals surface area contributed by atoms with Crippen LogP contribution < -0.4 is 10.6 Å². The number of ether oxygens (including phenoxy) is 1. The summed E-state index contributed by atoms with van der Waals surface area (Å²) in [6.45, 7) is 3.06. The summed E-state index contributed by atoms with van der Waals surface area (Å²) >= 11 is 1.48. The summed E-state index contributed by atoms with van der Waals surface area (Å²) in [7, 11) is 0. The van der Waals surface area contributed by atoms with Gasteiger partial charge in [0.05, 0.1) is 23.6 Å². The number of carbonyl (C=O) groups is 2. The van der Waals surface area contributed by atoms with Crippen LogP contribution in [-0.4, -0.2) is 41.1 Å². The highest BCUT2D eigenvalue weighted by atomic mass is 32.1.